The molecule has 2 N–H and O–H groups in total. The van der Waals surface area contributed by atoms with Crippen molar-refractivity contribution in [3.8, 4) is 11.8 Å². The molecule has 1 aromatic rings. The van der Waals surface area contributed by atoms with Crippen LogP contribution in [0.15, 0.2) is 30.3 Å². The first-order chi connectivity index (χ1) is 7.86. The molecule has 0 saturated carbocycles. The number of hydrogen-bond acceptors (Lipinski definition) is 3. The van der Waals surface area contributed by atoms with Crippen LogP contribution in [0.5, 0.6) is 0 Å². The quantitative estimate of drug-likeness (QED) is 0.701. The second-order valence-electron chi connectivity index (χ2n) is 3.39. The Morgan fingerprint density at radius 2 is 1.62 bits per heavy atom. The number of hydrogen-bond donors (Lipinski definition) is 2. The molecule has 1 aromatic carbocycles. The Hall–Kier alpha value is -1.34. The molecule has 0 fully saturated rings. The molecule has 3 nitrogen and oxygen atoms in total. The summed E-state index contributed by atoms with van der Waals surface area (Å²) in [4.78, 5) is 1.91. The lowest BCUT2D eigenvalue weighted by molar-refractivity contribution is 0.174. The first-order valence-corrected chi connectivity index (χ1v) is 5.35. The first-order valence-electron chi connectivity index (χ1n) is 5.35. The van der Waals surface area contributed by atoms with Crippen molar-refractivity contribution in [2.24, 2.45) is 0 Å². The van der Waals surface area contributed by atoms with Gasteiger partial charge in [0.25, 0.3) is 0 Å². The second-order valence-corrected chi connectivity index (χ2v) is 3.39. The van der Waals surface area contributed by atoms with Crippen molar-refractivity contribution in [1.29, 1.82) is 0 Å². The van der Waals surface area contributed by atoms with E-state index in [0.29, 0.717) is 19.6 Å². The average Bonchev–Trinajstić information content (AvgIpc) is 2.31. The summed E-state index contributed by atoms with van der Waals surface area (Å²) in [5.41, 5.74) is 0.982. The highest BCUT2D eigenvalue weighted by Crippen LogP contribution is 1.94. The van der Waals surface area contributed by atoms with Crippen LogP contribution in [0.3, 0.4) is 0 Å². The van der Waals surface area contributed by atoms with Gasteiger partial charge in [-0.05, 0) is 12.1 Å². The van der Waals surface area contributed by atoms with Gasteiger partial charge < -0.3 is 10.2 Å². The second kappa shape index (κ2) is 7.89. The van der Waals surface area contributed by atoms with Crippen molar-refractivity contribution in [3.63, 3.8) is 0 Å². The van der Waals surface area contributed by atoms with Gasteiger partial charge in [0.05, 0.1) is 19.8 Å². The number of aliphatic hydroxyl groups is 2. The summed E-state index contributed by atoms with van der Waals surface area (Å²) in [5.74, 6) is 6.06. The van der Waals surface area contributed by atoms with Crippen LogP contribution in [0.25, 0.3) is 0 Å². The summed E-state index contributed by atoms with van der Waals surface area (Å²) in [6.45, 7) is 1.84. The number of rotatable bonds is 5. The molecule has 0 amide bonds. The summed E-state index contributed by atoms with van der Waals surface area (Å²) in [7, 11) is 0. The Morgan fingerprint density at radius 3 is 2.19 bits per heavy atom. The highest BCUT2D eigenvalue weighted by Gasteiger charge is 1.99. The molecular formula is C13H17NO2. The largest absolute Gasteiger partial charge is 0.395 e. The average molecular weight is 219 g/mol. The molecule has 0 aliphatic carbocycles. The van der Waals surface area contributed by atoms with Gasteiger partial charge >= 0.3 is 0 Å². The maximum absolute atomic E-state index is 8.81. The van der Waals surface area contributed by atoms with Gasteiger partial charge in [-0.15, -0.1) is 0 Å². The predicted molar refractivity (Wildman–Crippen MR) is 63.9 cm³/mol. The van der Waals surface area contributed by atoms with Crippen molar-refractivity contribution in [3.05, 3.63) is 35.9 Å². The molecule has 0 aliphatic heterocycles. The maximum atomic E-state index is 8.81. The third-order valence-electron chi connectivity index (χ3n) is 2.14. The summed E-state index contributed by atoms with van der Waals surface area (Å²) in [6.07, 6.45) is 0. The van der Waals surface area contributed by atoms with Gasteiger partial charge in [0, 0.05) is 18.7 Å². The van der Waals surface area contributed by atoms with E-state index in [1.807, 2.05) is 35.2 Å². The summed E-state index contributed by atoms with van der Waals surface area (Å²) < 4.78 is 0. The minimum Gasteiger partial charge on any atom is -0.395 e. The van der Waals surface area contributed by atoms with E-state index >= 15 is 0 Å². The molecule has 0 radical (unpaired) electrons. The van der Waals surface area contributed by atoms with Crippen LogP contribution in [-0.2, 0) is 0 Å². The normalized spacial score (nSPS) is 9.94. The van der Waals surface area contributed by atoms with Crippen LogP contribution >= 0.6 is 0 Å². The molecule has 0 saturated heterocycles. The van der Waals surface area contributed by atoms with Crippen LogP contribution in [0, 0.1) is 11.8 Å². The Balaban J connectivity index is 2.45. The fraction of sp³-hybridized carbons (Fsp3) is 0.385. The molecule has 0 unspecified atom stereocenters. The number of benzene rings is 1. The third-order valence-corrected chi connectivity index (χ3v) is 2.14. The van der Waals surface area contributed by atoms with E-state index in [0.717, 1.165) is 5.56 Å². The van der Waals surface area contributed by atoms with Crippen LogP contribution < -0.4 is 0 Å². The lowest BCUT2D eigenvalue weighted by Crippen LogP contribution is -2.30. The zero-order valence-corrected chi connectivity index (χ0v) is 9.26. The van der Waals surface area contributed by atoms with E-state index in [2.05, 4.69) is 11.8 Å². The van der Waals surface area contributed by atoms with Crippen LogP contribution in [0.1, 0.15) is 5.56 Å². The van der Waals surface area contributed by atoms with E-state index in [4.69, 9.17) is 10.2 Å². The fourth-order valence-electron chi connectivity index (χ4n) is 1.33. The van der Waals surface area contributed by atoms with Crippen LogP contribution in [0.2, 0.25) is 0 Å². The van der Waals surface area contributed by atoms with Gasteiger partial charge in [-0.25, -0.2) is 0 Å². The monoisotopic (exact) mass is 219 g/mol. The van der Waals surface area contributed by atoms with E-state index in [1.165, 1.54) is 0 Å². The minimum absolute atomic E-state index is 0.0903. The fourth-order valence-corrected chi connectivity index (χ4v) is 1.33. The topological polar surface area (TPSA) is 43.7 Å². The number of nitrogens with zero attached hydrogens (tertiary/aromatic N) is 1. The molecular weight excluding hydrogens is 202 g/mol. The lowest BCUT2D eigenvalue weighted by atomic mass is 10.2. The van der Waals surface area contributed by atoms with Gasteiger partial charge in [0.1, 0.15) is 0 Å². The highest BCUT2D eigenvalue weighted by atomic mass is 16.3. The lowest BCUT2D eigenvalue weighted by Gasteiger charge is -2.16. The van der Waals surface area contributed by atoms with Gasteiger partial charge in [-0.2, -0.15) is 0 Å². The van der Waals surface area contributed by atoms with E-state index < -0.39 is 0 Å². The van der Waals surface area contributed by atoms with Crippen LogP contribution in [-0.4, -0.2) is 48.0 Å². The Bertz CT molecular complexity index is 334. The van der Waals surface area contributed by atoms with Crippen LogP contribution in [0.4, 0.5) is 0 Å². The molecule has 1 rings (SSSR count). The molecule has 0 bridgehead atoms. The standard InChI is InChI=1S/C13H17NO2/c15-11-9-14(10-12-16)8-4-7-13-5-2-1-3-6-13/h1-3,5-6,15-16H,8-12H2. The summed E-state index contributed by atoms with van der Waals surface area (Å²) in [5, 5.41) is 17.6. The Morgan fingerprint density at radius 1 is 1.00 bits per heavy atom. The van der Waals surface area contributed by atoms with E-state index in [1.54, 1.807) is 0 Å². The molecule has 0 heterocycles. The Kier molecular flexibility index (Phi) is 6.28. The van der Waals surface area contributed by atoms with E-state index in [-0.39, 0.29) is 13.2 Å². The zero-order valence-electron chi connectivity index (χ0n) is 9.26. The number of aliphatic hydroxyl groups excluding tert-OH is 2. The molecule has 3 heteroatoms. The van der Waals surface area contributed by atoms with Crippen molar-refractivity contribution in [2.75, 3.05) is 32.8 Å². The zero-order chi connectivity index (χ0) is 11.6. The summed E-state index contributed by atoms with van der Waals surface area (Å²) in [6, 6.07) is 9.76. The predicted octanol–water partition coefficient (Wildman–Crippen LogP) is 0.325. The Labute approximate surface area is 96.3 Å². The SMILES string of the molecule is OCCN(CC#Cc1ccccc1)CCO. The smallest absolute Gasteiger partial charge is 0.0606 e. The van der Waals surface area contributed by atoms with Crippen molar-refractivity contribution >= 4 is 0 Å². The highest BCUT2D eigenvalue weighted by molar-refractivity contribution is 5.33. The minimum atomic E-state index is 0.0903. The van der Waals surface area contributed by atoms with Gasteiger partial charge in [0.2, 0.25) is 0 Å². The van der Waals surface area contributed by atoms with Crippen molar-refractivity contribution in [2.45, 2.75) is 0 Å². The molecule has 0 aromatic heterocycles. The molecule has 0 spiro atoms. The van der Waals surface area contributed by atoms with E-state index in [9.17, 15) is 0 Å². The molecule has 0 aliphatic rings. The first kappa shape index (κ1) is 12.7. The van der Waals surface area contributed by atoms with Gasteiger partial charge in [-0.3, -0.25) is 4.90 Å². The maximum Gasteiger partial charge on any atom is 0.0606 e. The van der Waals surface area contributed by atoms with Gasteiger partial charge in [-0.1, -0.05) is 30.0 Å². The van der Waals surface area contributed by atoms with Gasteiger partial charge in [0.15, 0.2) is 0 Å². The molecule has 86 valence electrons. The third kappa shape index (κ3) is 4.94. The van der Waals surface area contributed by atoms with Crippen molar-refractivity contribution in [1.82, 2.24) is 4.90 Å². The summed E-state index contributed by atoms with van der Waals surface area (Å²) >= 11 is 0. The molecule has 16 heavy (non-hydrogen) atoms. The van der Waals surface area contributed by atoms with Crippen molar-refractivity contribution < 1.29 is 10.2 Å². The molecule has 0 atom stereocenters.